The Morgan fingerprint density at radius 3 is 1.80 bits per heavy atom. The topological polar surface area (TPSA) is 20.2 Å². The van der Waals surface area contributed by atoms with Crippen LogP contribution in [0.15, 0.2) is 0 Å². The molecule has 1 fully saturated rings. The molecule has 0 radical (unpaired) electrons. The van der Waals surface area contributed by atoms with E-state index in [1.54, 1.807) is 0 Å². The lowest BCUT2D eigenvalue weighted by molar-refractivity contribution is 0.00663. The predicted molar refractivity (Wildman–Crippen MR) is 42.8 cm³/mol. The molecule has 1 atom stereocenters. The summed E-state index contributed by atoms with van der Waals surface area (Å²) in [6, 6.07) is 0. The van der Waals surface area contributed by atoms with E-state index in [0.717, 1.165) is 0 Å². The molecule has 60 valence electrons. The lowest BCUT2D eigenvalue weighted by atomic mass is 9.80. The molecule has 1 aliphatic carbocycles. The Morgan fingerprint density at radius 2 is 1.70 bits per heavy atom. The van der Waals surface area contributed by atoms with Crippen LogP contribution in [-0.4, -0.2) is 11.2 Å². The van der Waals surface area contributed by atoms with Crippen molar-refractivity contribution in [3.8, 4) is 0 Å². The molecule has 0 aliphatic heterocycles. The maximum absolute atomic E-state index is 9.78. The second-order valence-corrected chi connectivity index (χ2v) is 4.92. The Labute approximate surface area is 63.4 Å². The van der Waals surface area contributed by atoms with Gasteiger partial charge in [0.25, 0.3) is 0 Å². The first-order chi connectivity index (χ1) is 4.36. The molecule has 0 amide bonds. The van der Waals surface area contributed by atoms with Crippen molar-refractivity contribution in [2.45, 2.75) is 46.6 Å². The molecule has 0 bridgehead atoms. The molecule has 1 nitrogen and oxygen atoms in total. The monoisotopic (exact) mass is 142 g/mol. The van der Waals surface area contributed by atoms with Crippen molar-refractivity contribution in [2.24, 2.45) is 10.8 Å². The van der Waals surface area contributed by atoms with Crippen LogP contribution in [0, 0.1) is 10.8 Å². The van der Waals surface area contributed by atoms with Crippen molar-refractivity contribution in [1.29, 1.82) is 0 Å². The van der Waals surface area contributed by atoms with Gasteiger partial charge in [0.1, 0.15) is 0 Å². The Hall–Kier alpha value is -0.0400. The summed E-state index contributed by atoms with van der Waals surface area (Å²) in [6.07, 6.45) is 2.27. The van der Waals surface area contributed by atoms with Crippen LogP contribution in [-0.2, 0) is 0 Å². The second-order valence-electron chi connectivity index (χ2n) is 4.92. The molecule has 0 aromatic heterocycles. The van der Waals surface area contributed by atoms with Gasteiger partial charge in [0.15, 0.2) is 0 Å². The van der Waals surface area contributed by atoms with Crippen LogP contribution in [0.5, 0.6) is 0 Å². The number of rotatable bonds is 1. The Balaban J connectivity index is 2.57. The van der Waals surface area contributed by atoms with Crippen molar-refractivity contribution in [3.05, 3.63) is 0 Å². The van der Waals surface area contributed by atoms with Crippen molar-refractivity contribution < 1.29 is 5.11 Å². The van der Waals surface area contributed by atoms with Gasteiger partial charge in [-0.25, -0.2) is 0 Å². The average Bonchev–Trinajstić information content (AvgIpc) is 2.45. The first-order valence-corrected chi connectivity index (χ1v) is 4.04. The molecule has 0 heterocycles. The summed E-state index contributed by atoms with van der Waals surface area (Å²) in [5, 5.41) is 9.78. The van der Waals surface area contributed by atoms with Crippen LogP contribution in [0.25, 0.3) is 0 Å². The minimum atomic E-state index is -0.125. The smallest absolute Gasteiger partial charge is 0.0641 e. The minimum Gasteiger partial charge on any atom is -0.392 e. The zero-order chi connectivity index (χ0) is 7.99. The molecule has 1 saturated carbocycles. The van der Waals surface area contributed by atoms with Crippen LogP contribution < -0.4 is 0 Å². The van der Waals surface area contributed by atoms with Crippen molar-refractivity contribution in [1.82, 2.24) is 0 Å². The zero-order valence-electron chi connectivity index (χ0n) is 7.44. The third-order valence-electron chi connectivity index (χ3n) is 2.52. The lowest BCUT2D eigenvalue weighted by Crippen LogP contribution is -2.33. The van der Waals surface area contributed by atoms with Gasteiger partial charge in [-0.1, -0.05) is 27.7 Å². The van der Waals surface area contributed by atoms with Gasteiger partial charge in [0.2, 0.25) is 0 Å². The van der Waals surface area contributed by atoms with E-state index in [1.807, 2.05) is 0 Å². The van der Waals surface area contributed by atoms with E-state index in [1.165, 1.54) is 12.8 Å². The SMILES string of the molecule is CC(C)(C)[C@@H](O)C1(C)CC1. The van der Waals surface area contributed by atoms with E-state index < -0.39 is 0 Å². The van der Waals surface area contributed by atoms with Crippen LogP contribution in [0.2, 0.25) is 0 Å². The summed E-state index contributed by atoms with van der Waals surface area (Å²) in [5.41, 5.74) is 0.309. The summed E-state index contributed by atoms with van der Waals surface area (Å²) in [5.74, 6) is 0. The summed E-state index contributed by atoms with van der Waals surface area (Å²) in [7, 11) is 0. The van der Waals surface area contributed by atoms with Crippen LogP contribution >= 0.6 is 0 Å². The normalized spacial score (nSPS) is 26.1. The van der Waals surface area contributed by atoms with Gasteiger partial charge in [-0.3, -0.25) is 0 Å². The number of hydrogen-bond acceptors (Lipinski definition) is 1. The van der Waals surface area contributed by atoms with Gasteiger partial charge in [0, 0.05) is 0 Å². The third kappa shape index (κ3) is 1.34. The van der Waals surface area contributed by atoms with Crippen molar-refractivity contribution in [2.75, 3.05) is 0 Å². The van der Waals surface area contributed by atoms with Crippen LogP contribution in [0.3, 0.4) is 0 Å². The first-order valence-electron chi connectivity index (χ1n) is 4.04. The standard InChI is InChI=1S/C9H18O/c1-8(2,3)7(10)9(4)5-6-9/h7,10H,5-6H2,1-4H3/t7-/m1/s1. The summed E-state index contributed by atoms with van der Waals surface area (Å²) in [6.45, 7) is 8.46. The number of aliphatic hydroxyl groups is 1. The Morgan fingerprint density at radius 1 is 1.30 bits per heavy atom. The van der Waals surface area contributed by atoms with E-state index in [2.05, 4.69) is 27.7 Å². The maximum Gasteiger partial charge on any atom is 0.0641 e. The fourth-order valence-corrected chi connectivity index (χ4v) is 1.52. The van der Waals surface area contributed by atoms with E-state index in [-0.39, 0.29) is 16.9 Å². The number of aliphatic hydroxyl groups excluding tert-OH is 1. The van der Waals surface area contributed by atoms with Crippen molar-refractivity contribution >= 4 is 0 Å². The minimum absolute atomic E-state index is 0.0608. The molecule has 0 saturated heterocycles. The van der Waals surface area contributed by atoms with Gasteiger partial charge < -0.3 is 5.11 Å². The molecule has 0 unspecified atom stereocenters. The number of hydrogen-bond donors (Lipinski definition) is 1. The molecule has 1 N–H and O–H groups in total. The van der Waals surface area contributed by atoms with Gasteiger partial charge >= 0.3 is 0 Å². The van der Waals surface area contributed by atoms with E-state index in [0.29, 0.717) is 0 Å². The maximum atomic E-state index is 9.78. The van der Waals surface area contributed by atoms with E-state index in [9.17, 15) is 5.11 Å². The molecule has 10 heavy (non-hydrogen) atoms. The summed E-state index contributed by atoms with van der Waals surface area (Å²) in [4.78, 5) is 0. The molecule has 1 rings (SSSR count). The molecule has 0 aromatic carbocycles. The van der Waals surface area contributed by atoms with Gasteiger partial charge in [-0.05, 0) is 23.7 Å². The first kappa shape index (κ1) is 8.06. The highest BCUT2D eigenvalue weighted by Gasteiger charge is 2.48. The summed E-state index contributed by atoms with van der Waals surface area (Å²) < 4.78 is 0. The molecule has 1 aliphatic rings. The zero-order valence-corrected chi connectivity index (χ0v) is 7.44. The predicted octanol–water partition coefficient (Wildman–Crippen LogP) is 2.19. The highest BCUT2D eigenvalue weighted by molar-refractivity contribution is 4.99. The third-order valence-corrected chi connectivity index (χ3v) is 2.52. The fourth-order valence-electron chi connectivity index (χ4n) is 1.52. The lowest BCUT2D eigenvalue weighted by Gasteiger charge is -2.30. The molecule has 1 heteroatoms. The molecule has 0 aromatic rings. The van der Waals surface area contributed by atoms with Crippen LogP contribution in [0.4, 0.5) is 0 Å². The largest absolute Gasteiger partial charge is 0.392 e. The fraction of sp³-hybridized carbons (Fsp3) is 1.00. The molecule has 0 spiro atoms. The Bertz CT molecular complexity index is 123. The van der Waals surface area contributed by atoms with Gasteiger partial charge in [-0.2, -0.15) is 0 Å². The summed E-state index contributed by atoms with van der Waals surface area (Å²) >= 11 is 0. The van der Waals surface area contributed by atoms with Crippen LogP contribution in [0.1, 0.15) is 40.5 Å². The Kier molecular flexibility index (Phi) is 1.59. The highest BCUT2D eigenvalue weighted by Crippen LogP contribution is 2.52. The quantitative estimate of drug-likeness (QED) is 0.595. The van der Waals surface area contributed by atoms with Crippen molar-refractivity contribution in [3.63, 3.8) is 0 Å². The second kappa shape index (κ2) is 1.97. The van der Waals surface area contributed by atoms with E-state index >= 15 is 0 Å². The van der Waals surface area contributed by atoms with Gasteiger partial charge in [-0.15, -0.1) is 0 Å². The highest BCUT2D eigenvalue weighted by atomic mass is 16.3. The molecular formula is C9H18O. The molecular weight excluding hydrogens is 124 g/mol. The average molecular weight is 142 g/mol. The van der Waals surface area contributed by atoms with Gasteiger partial charge in [0.05, 0.1) is 6.10 Å². The van der Waals surface area contributed by atoms with E-state index in [4.69, 9.17) is 0 Å².